The summed E-state index contributed by atoms with van der Waals surface area (Å²) in [6.07, 6.45) is 3.28. The van der Waals surface area contributed by atoms with Crippen LogP contribution in [-0.2, 0) is 20.6 Å². The molecule has 0 N–H and O–H groups in total. The zero-order valence-electron chi connectivity index (χ0n) is 11.1. The van der Waals surface area contributed by atoms with Gasteiger partial charge in [0.2, 0.25) is 0 Å². The van der Waals surface area contributed by atoms with E-state index in [-0.39, 0.29) is 18.0 Å². The lowest BCUT2D eigenvalue weighted by molar-refractivity contribution is 0.0970. The molecule has 2 rings (SSSR count). The van der Waals surface area contributed by atoms with Crippen molar-refractivity contribution in [2.45, 2.75) is 20.4 Å². The van der Waals surface area contributed by atoms with E-state index in [1.54, 1.807) is 19.4 Å². The molecule has 0 saturated heterocycles. The molecular weight excluding hydrogens is 230 g/mol. The molecule has 0 aliphatic heterocycles. The predicted octanol–water partition coefficient (Wildman–Crippen LogP) is 1.03. The summed E-state index contributed by atoms with van der Waals surface area (Å²) in [5.41, 5.74) is 2.48. The zero-order valence-corrected chi connectivity index (χ0v) is 11.1. The summed E-state index contributed by atoms with van der Waals surface area (Å²) in [5, 5.41) is 0. The van der Waals surface area contributed by atoms with Crippen molar-refractivity contribution < 1.29 is 4.79 Å². The second kappa shape index (κ2) is 4.33. The van der Waals surface area contributed by atoms with Gasteiger partial charge in [0.05, 0.1) is 6.54 Å². The van der Waals surface area contributed by atoms with Crippen molar-refractivity contribution >= 4 is 5.78 Å². The quantitative estimate of drug-likeness (QED) is 0.760. The maximum Gasteiger partial charge on any atom is 0.328 e. The lowest BCUT2D eigenvalue weighted by atomic mass is 10.1. The Morgan fingerprint density at radius 2 is 1.89 bits per heavy atom. The summed E-state index contributed by atoms with van der Waals surface area (Å²) in [5.74, 6) is -0.0375. The van der Waals surface area contributed by atoms with Gasteiger partial charge in [-0.2, -0.15) is 0 Å². The minimum Gasteiger partial charge on any atom is -0.351 e. The van der Waals surface area contributed by atoms with Crippen LogP contribution in [0.15, 0.2) is 23.3 Å². The predicted molar refractivity (Wildman–Crippen MR) is 68.9 cm³/mol. The van der Waals surface area contributed by atoms with Crippen molar-refractivity contribution in [3.63, 3.8) is 0 Å². The lowest BCUT2D eigenvalue weighted by Gasteiger charge is -2.02. The fraction of sp³-hybridized carbons (Fsp3) is 0.385. The van der Waals surface area contributed by atoms with Crippen LogP contribution in [0.1, 0.15) is 21.7 Å². The smallest absolute Gasteiger partial charge is 0.328 e. The highest BCUT2D eigenvalue weighted by Gasteiger charge is 2.15. The molecule has 5 nitrogen and oxygen atoms in total. The van der Waals surface area contributed by atoms with Crippen molar-refractivity contribution in [3.05, 3.63) is 45.9 Å². The first kappa shape index (κ1) is 12.4. The molecule has 0 fully saturated rings. The number of carbonyl (C=O) groups excluding carboxylic acids is 1. The second-order valence-electron chi connectivity index (χ2n) is 4.59. The third-order valence-electron chi connectivity index (χ3n) is 3.41. The van der Waals surface area contributed by atoms with Gasteiger partial charge < -0.3 is 9.13 Å². The van der Waals surface area contributed by atoms with E-state index in [0.29, 0.717) is 5.56 Å². The standard InChI is InChI=1S/C13H17N3O2/c1-9-7-11(10(2)15(9)4)12(17)8-16-6-5-14(3)13(16)18/h5-7H,8H2,1-4H3. The number of carbonyl (C=O) groups is 1. The average molecular weight is 247 g/mol. The van der Waals surface area contributed by atoms with Crippen molar-refractivity contribution in [1.29, 1.82) is 0 Å². The van der Waals surface area contributed by atoms with Crippen LogP contribution in [0, 0.1) is 13.8 Å². The second-order valence-corrected chi connectivity index (χ2v) is 4.59. The van der Waals surface area contributed by atoms with Crippen molar-refractivity contribution in [3.8, 4) is 0 Å². The number of nitrogens with zero attached hydrogens (tertiary/aromatic N) is 3. The van der Waals surface area contributed by atoms with Gasteiger partial charge >= 0.3 is 5.69 Å². The van der Waals surface area contributed by atoms with Crippen molar-refractivity contribution in [1.82, 2.24) is 13.7 Å². The molecule has 0 unspecified atom stereocenters. The topological polar surface area (TPSA) is 48.9 Å². The summed E-state index contributed by atoms with van der Waals surface area (Å²) in [6.45, 7) is 3.95. The van der Waals surface area contributed by atoms with Crippen LogP contribution >= 0.6 is 0 Å². The van der Waals surface area contributed by atoms with Crippen LogP contribution in [0.5, 0.6) is 0 Å². The number of hydrogen-bond acceptors (Lipinski definition) is 2. The monoisotopic (exact) mass is 247 g/mol. The number of aryl methyl sites for hydroxylation is 2. The van der Waals surface area contributed by atoms with Crippen LogP contribution in [0.3, 0.4) is 0 Å². The highest BCUT2D eigenvalue weighted by Crippen LogP contribution is 2.14. The van der Waals surface area contributed by atoms with Gasteiger partial charge in [-0.25, -0.2) is 4.79 Å². The molecule has 5 heteroatoms. The summed E-state index contributed by atoms with van der Waals surface area (Å²) in [4.78, 5) is 23.8. The number of ketones is 1. The van der Waals surface area contributed by atoms with Gasteiger partial charge in [-0.05, 0) is 19.9 Å². The minimum absolute atomic E-state index is 0.0375. The Morgan fingerprint density at radius 3 is 2.33 bits per heavy atom. The molecule has 0 atom stereocenters. The summed E-state index contributed by atoms with van der Waals surface area (Å²) in [6, 6.07) is 1.87. The molecule has 2 aromatic rings. The van der Waals surface area contributed by atoms with Gasteiger partial charge in [0.25, 0.3) is 0 Å². The zero-order chi connectivity index (χ0) is 13.4. The largest absolute Gasteiger partial charge is 0.351 e. The Bertz CT molecular complexity index is 658. The molecule has 18 heavy (non-hydrogen) atoms. The molecule has 0 aliphatic rings. The first-order valence-corrected chi connectivity index (χ1v) is 5.79. The molecule has 2 aromatic heterocycles. The fourth-order valence-electron chi connectivity index (χ4n) is 2.01. The summed E-state index contributed by atoms with van der Waals surface area (Å²) < 4.78 is 4.85. The molecule has 0 saturated carbocycles. The molecular formula is C13H17N3O2. The van der Waals surface area contributed by atoms with Gasteiger partial charge in [-0.3, -0.25) is 9.36 Å². The van der Waals surface area contributed by atoms with Crippen LogP contribution in [0.4, 0.5) is 0 Å². The molecule has 0 amide bonds. The van der Waals surface area contributed by atoms with Crippen LogP contribution in [0.25, 0.3) is 0 Å². The third kappa shape index (κ3) is 1.92. The van der Waals surface area contributed by atoms with E-state index < -0.39 is 0 Å². The first-order valence-electron chi connectivity index (χ1n) is 5.79. The third-order valence-corrected chi connectivity index (χ3v) is 3.41. The van der Waals surface area contributed by atoms with E-state index >= 15 is 0 Å². The van der Waals surface area contributed by atoms with Crippen LogP contribution < -0.4 is 5.69 Å². The normalized spacial score (nSPS) is 10.9. The number of rotatable bonds is 3. The number of imidazole rings is 1. The first-order chi connectivity index (χ1) is 8.41. The number of hydrogen-bond donors (Lipinski definition) is 0. The van der Waals surface area contributed by atoms with Crippen LogP contribution in [-0.4, -0.2) is 19.5 Å². The van der Waals surface area contributed by atoms with Crippen molar-refractivity contribution in [2.24, 2.45) is 14.1 Å². The Balaban J connectivity index is 2.30. The van der Waals surface area contributed by atoms with Crippen LogP contribution in [0.2, 0.25) is 0 Å². The van der Waals surface area contributed by atoms with E-state index in [1.165, 1.54) is 9.13 Å². The Kier molecular flexibility index (Phi) is 2.98. The van der Waals surface area contributed by atoms with E-state index in [1.807, 2.05) is 31.5 Å². The molecule has 96 valence electrons. The molecule has 0 aliphatic carbocycles. The maximum atomic E-state index is 12.2. The van der Waals surface area contributed by atoms with E-state index in [4.69, 9.17) is 0 Å². The Labute approximate surface area is 105 Å². The molecule has 0 aromatic carbocycles. The summed E-state index contributed by atoms with van der Waals surface area (Å²) >= 11 is 0. The lowest BCUT2D eigenvalue weighted by Crippen LogP contribution is -2.25. The highest BCUT2D eigenvalue weighted by molar-refractivity contribution is 5.97. The molecule has 0 spiro atoms. The Morgan fingerprint density at radius 1 is 1.22 bits per heavy atom. The van der Waals surface area contributed by atoms with Gasteiger partial charge in [-0.15, -0.1) is 0 Å². The van der Waals surface area contributed by atoms with E-state index in [0.717, 1.165) is 11.4 Å². The number of aromatic nitrogens is 3. The van der Waals surface area contributed by atoms with E-state index in [2.05, 4.69) is 0 Å². The van der Waals surface area contributed by atoms with Gasteiger partial charge in [0, 0.05) is 43.4 Å². The molecule has 2 heterocycles. The van der Waals surface area contributed by atoms with Gasteiger partial charge in [0.15, 0.2) is 5.78 Å². The maximum absolute atomic E-state index is 12.2. The highest BCUT2D eigenvalue weighted by atomic mass is 16.2. The SMILES string of the molecule is Cc1cc(C(=O)Cn2ccn(C)c2=O)c(C)n1C. The fourth-order valence-corrected chi connectivity index (χ4v) is 2.01. The molecule has 0 bridgehead atoms. The summed E-state index contributed by atoms with van der Waals surface area (Å²) in [7, 11) is 3.59. The molecule has 0 radical (unpaired) electrons. The van der Waals surface area contributed by atoms with Gasteiger partial charge in [0.1, 0.15) is 0 Å². The number of Topliss-reactive ketones (excluding diaryl/α,β-unsaturated/α-hetero) is 1. The van der Waals surface area contributed by atoms with E-state index in [9.17, 15) is 9.59 Å². The van der Waals surface area contributed by atoms with Gasteiger partial charge in [-0.1, -0.05) is 0 Å². The minimum atomic E-state index is -0.173. The van der Waals surface area contributed by atoms with Crippen molar-refractivity contribution in [2.75, 3.05) is 0 Å². The average Bonchev–Trinajstić information content (AvgIpc) is 2.77. The Hall–Kier alpha value is -2.04.